The van der Waals surface area contributed by atoms with Gasteiger partial charge in [-0.25, -0.2) is 0 Å². The van der Waals surface area contributed by atoms with Gasteiger partial charge in [-0.05, 0) is 32.1 Å². The summed E-state index contributed by atoms with van der Waals surface area (Å²) in [6.45, 7) is 0. The first kappa shape index (κ1) is 11.2. The fraction of sp³-hybridized carbons (Fsp3) is 0.846. The average molecular weight is 234 g/mol. The molecule has 0 aliphatic heterocycles. The van der Waals surface area contributed by atoms with Crippen LogP contribution in [-0.4, -0.2) is 20.8 Å². The Balaban J connectivity index is 1.79. The van der Waals surface area contributed by atoms with Gasteiger partial charge in [0.25, 0.3) is 0 Å². The molecular formula is C13H22N4. The zero-order valence-corrected chi connectivity index (χ0v) is 10.4. The quantitative estimate of drug-likeness (QED) is 0.854. The van der Waals surface area contributed by atoms with Crippen LogP contribution in [0.25, 0.3) is 0 Å². The summed E-state index contributed by atoms with van der Waals surface area (Å²) in [6.07, 6.45) is 12.0. The van der Waals surface area contributed by atoms with Gasteiger partial charge >= 0.3 is 0 Å². The second-order valence-electron chi connectivity index (χ2n) is 5.66. The fourth-order valence-electron chi connectivity index (χ4n) is 3.47. The zero-order valence-electron chi connectivity index (χ0n) is 10.4. The molecule has 0 radical (unpaired) electrons. The van der Waals surface area contributed by atoms with Crippen LogP contribution in [0.5, 0.6) is 0 Å². The molecular weight excluding hydrogens is 212 g/mol. The van der Waals surface area contributed by atoms with Crippen molar-refractivity contribution in [2.24, 2.45) is 5.73 Å². The number of aromatic nitrogens is 3. The van der Waals surface area contributed by atoms with Gasteiger partial charge in [-0.1, -0.05) is 19.3 Å². The van der Waals surface area contributed by atoms with Crippen molar-refractivity contribution in [3.05, 3.63) is 12.2 Å². The SMILES string of the molecule is NC1CCCC(c2nncn2C2CCCC2)C1. The summed E-state index contributed by atoms with van der Waals surface area (Å²) < 4.78 is 2.34. The molecule has 0 aromatic carbocycles. The molecule has 4 heteroatoms. The topological polar surface area (TPSA) is 56.7 Å². The summed E-state index contributed by atoms with van der Waals surface area (Å²) in [6, 6.07) is 1.01. The lowest BCUT2D eigenvalue weighted by Gasteiger charge is -2.27. The van der Waals surface area contributed by atoms with Gasteiger partial charge in [0.15, 0.2) is 0 Å². The van der Waals surface area contributed by atoms with Gasteiger partial charge in [0.2, 0.25) is 0 Å². The predicted octanol–water partition coefficient (Wildman–Crippen LogP) is 2.38. The molecule has 1 aromatic heterocycles. The van der Waals surface area contributed by atoms with E-state index in [0.29, 0.717) is 18.0 Å². The molecule has 2 N–H and O–H groups in total. The first-order valence-corrected chi connectivity index (χ1v) is 6.99. The van der Waals surface area contributed by atoms with Crippen molar-refractivity contribution in [2.75, 3.05) is 0 Å². The van der Waals surface area contributed by atoms with Crippen molar-refractivity contribution in [2.45, 2.75) is 69.4 Å². The van der Waals surface area contributed by atoms with E-state index in [0.717, 1.165) is 6.42 Å². The maximum absolute atomic E-state index is 6.08. The summed E-state index contributed by atoms with van der Waals surface area (Å²) in [7, 11) is 0. The number of hydrogen-bond acceptors (Lipinski definition) is 3. The van der Waals surface area contributed by atoms with Crippen LogP contribution in [0.4, 0.5) is 0 Å². The third-order valence-electron chi connectivity index (χ3n) is 4.40. The van der Waals surface area contributed by atoms with Gasteiger partial charge in [0.1, 0.15) is 12.2 Å². The van der Waals surface area contributed by atoms with E-state index in [1.54, 1.807) is 0 Å². The molecule has 0 spiro atoms. The molecule has 0 saturated heterocycles. The third kappa shape index (κ3) is 2.23. The lowest BCUT2D eigenvalue weighted by molar-refractivity contribution is 0.361. The van der Waals surface area contributed by atoms with E-state index in [1.165, 1.54) is 50.8 Å². The molecule has 94 valence electrons. The Morgan fingerprint density at radius 1 is 1.12 bits per heavy atom. The summed E-state index contributed by atoms with van der Waals surface area (Å²) in [5.41, 5.74) is 6.08. The molecule has 0 bridgehead atoms. The number of nitrogens with zero attached hydrogens (tertiary/aromatic N) is 3. The van der Waals surface area contributed by atoms with Crippen molar-refractivity contribution in [1.29, 1.82) is 0 Å². The Bertz CT molecular complexity index is 367. The molecule has 2 unspecified atom stereocenters. The molecule has 1 aromatic rings. The standard InChI is InChI=1S/C13H22N4/c14-11-5-3-4-10(8-11)13-16-15-9-17(13)12-6-1-2-7-12/h9-12H,1-8,14H2. The minimum atomic E-state index is 0.363. The van der Waals surface area contributed by atoms with Crippen molar-refractivity contribution < 1.29 is 0 Å². The predicted molar refractivity (Wildman–Crippen MR) is 66.7 cm³/mol. The van der Waals surface area contributed by atoms with E-state index >= 15 is 0 Å². The van der Waals surface area contributed by atoms with Crippen LogP contribution in [0, 0.1) is 0 Å². The number of rotatable bonds is 2. The first-order chi connectivity index (χ1) is 8.34. The second-order valence-corrected chi connectivity index (χ2v) is 5.66. The molecule has 2 aliphatic carbocycles. The first-order valence-electron chi connectivity index (χ1n) is 6.99. The maximum atomic E-state index is 6.08. The molecule has 2 aliphatic rings. The van der Waals surface area contributed by atoms with Gasteiger partial charge in [-0.15, -0.1) is 10.2 Å². The van der Waals surface area contributed by atoms with Crippen LogP contribution in [0.3, 0.4) is 0 Å². The van der Waals surface area contributed by atoms with Crippen molar-refractivity contribution in [1.82, 2.24) is 14.8 Å². The maximum Gasteiger partial charge on any atom is 0.136 e. The molecule has 0 amide bonds. The van der Waals surface area contributed by atoms with E-state index in [1.807, 2.05) is 6.33 Å². The monoisotopic (exact) mass is 234 g/mol. The largest absolute Gasteiger partial charge is 0.328 e. The van der Waals surface area contributed by atoms with Gasteiger partial charge < -0.3 is 10.3 Å². The molecule has 2 fully saturated rings. The van der Waals surface area contributed by atoms with E-state index in [9.17, 15) is 0 Å². The van der Waals surface area contributed by atoms with Crippen LogP contribution in [-0.2, 0) is 0 Å². The number of nitrogens with two attached hydrogens (primary N) is 1. The van der Waals surface area contributed by atoms with Crippen LogP contribution in [0.15, 0.2) is 6.33 Å². The molecule has 3 rings (SSSR count). The van der Waals surface area contributed by atoms with E-state index in [2.05, 4.69) is 14.8 Å². The summed E-state index contributed by atoms with van der Waals surface area (Å²) in [4.78, 5) is 0. The zero-order chi connectivity index (χ0) is 11.7. The summed E-state index contributed by atoms with van der Waals surface area (Å²) in [5.74, 6) is 1.74. The van der Waals surface area contributed by atoms with Gasteiger partial charge in [0.05, 0.1) is 0 Å². The van der Waals surface area contributed by atoms with E-state index in [-0.39, 0.29) is 0 Å². The Morgan fingerprint density at radius 3 is 2.71 bits per heavy atom. The van der Waals surface area contributed by atoms with Crippen LogP contribution < -0.4 is 5.73 Å². The van der Waals surface area contributed by atoms with Gasteiger partial charge in [-0.3, -0.25) is 0 Å². The Labute approximate surface area is 103 Å². The van der Waals surface area contributed by atoms with Gasteiger partial charge in [0, 0.05) is 18.0 Å². The second kappa shape index (κ2) is 4.77. The van der Waals surface area contributed by atoms with Crippen LogP contribution >= 0.6 is 0 Å². The Morgan fingerprint density at radius 2 is 1.94 bits per heavy atom. The van der Waals surface area contributed by atoms with E-state index in [4.69, 9.17) is 5.73 Å². The third-order valence-corrected chi connectivity index (χ3v) is 4.40. The molecule has 2 saturated carbocycles. The number of hydrogen-bond donors (Lipinski definition) is 1. The highest BCUT2D eigenvalue weighted by molar-refractivity contribution is 5.02. The average Bonchev–Trinajstić information content (AvgIpc) is 3.00. The molecule has 1 heterocycles. The smallest absolute Gasteiger partial charge is 0.136 e. The highest BCUT2D eigenvalue weighted by atomic mass is 15.3. The summed E-state index contributed by atoms with van der Waals surface area (Å²) in [5, 5.41) is 8.52. The van der Waals surface area contributed by atoms with Crippen molar-refractivity contribution in [3.8, 4) is 0 Å². The van der Waals surface area contributed by atoms with Gasteiger partial charge in [-0.2, -0.15) is 0 Å². The highest BCUT2D eigenvalue weighted by Crippen LogP contribution is 2.35. The Hall–Kier alpha value is -0.900. The molecule has 17 heavy (non-hydrogen) atoms. The minimum Gasteiger partial charge on any atom is -0.328 e. The normalized spacial score (nSPS) is 30.9. The van der Waals surface area contributed by atoms with E-state index < -0.39 is 0 Å². The fourth-order valence-corrected chi connectivity index (χ4v) is 3.47. The lowest BCUT2D eigenvalue weighted by Crippen LogP contribution is -2.28. The minimum absolute atomic E-state index is 0.363. The lowest BCUT2D eigenvalue weighted by atomic mass is 9.85. The Kier molecular flexibility index (Phi) is 3.14. The summed E-state index contributed by atoms with van der Waals surface area (Å²) >= 11 is 0. The van der Waals surface area contributed by atoms with Crippen LogP contribution in [0.2, 0.25) is 0 Å². The molecule has 2 atom stereocenters. The van der Waals surface area contributed by atoms with Crippen molar-refractivity contribution >= 4 is 0 Å². The highest BCUT2D eigenvalue weighted by Gasteiger charge is 2.27. The molecule has 4 nitrogen and oxygen atoms in total. The van der Waals surface area contributed by atoms with Crippen LogP contribution in [0.1, 0.15) is 69.2 Å². The van der Waals surface area contributed by atoms with Crippen molar-refractivity contribution in [3.63, 3.8) is 0 Å².